The normalized spacial score (nSPS) is 22.4. The Hall–Kier alpha value is -0.570. The minimum Gasteiger partial charge on any atom is -0.356 e. The number of rotatable bonds is 3. The van der Waals surface area contributed by atoms with E-state index < -0.39 is 0 Å². The summed E-state index contributed by atoms with van der Waals surface area (Å²) in [5.41, 5.74) is -0.261. The van der Waals surface area contributed by atoms with E-state index in [-0.39, 0.29) is 11.3 Å². The number of hydrogen-bond donors (Lipinski definition) is 2. The van der Waals surface area contributed by atoms with Crippen LogP contribution in [0.5, 0.6) is 0 Å². The summed E-state index contributed by atoms with van der Waals surface area (Å²) in [5, 5.41) is 6.39. The van der Waals surface area contributed by atoms with Gasteiger partial charge in [0.05, 0.1) is 0 Å². The molecule has 2 N–H and O–H groups in total. The Kier molecular flexibility index (Phi) is 3.93. The Bertz CT molecular complexity index is 190. The van der Waals surface area contributed by atoms with Gasteiger partial charge in [0.15, 0.2) is 0 Å². The molecule has 0 radical (unpaired) electrons. The van der Waals surface area contributed by atoms with Crippen LogP contribution < -0.4 is 10.6 Å². The second-order valence-corrected chi connectivity index (χ2v) is 5.09. The second kappa shape index (κ2) is 4.78. The van der Waals surface area contributed by atoms with Crippen molar-refractivity contribution in [3.8, 4) is 0 Å². The zero-order chi connectivity index (χ0) is 10.6. The molecule has 0 saturated carbocycles. The van der Waals surface area contributed by atoms with Crippen LogP contribution in [0.15, 0.2) is 0 Å². The predicted molar refractivity (Wildman–Crippen MR) is 58.1 cm³/mol. The smallest absolute Gasteiger partial charge is 0.225 e. The standard InChI is InChI=1S/C11H22N2O/c1-11(2,3)10(14)13-8-6-9-5-4-7-12-9/h9,12H,4-8H2,1-3H3,(H,13,14). The molecular formula is C11H22N2O. The largest absolute Gasteiger partial charge is 0.356 e. The van der Waals surface area contributed by atoms with Crippen molar-refractivity contribution in [1.82, 2.24) is 10.6 Å². The zero-order valence-electron chi connectivity index (χ0n) is 9.52. The lowest BCUT2D eigenvalue weighted by molar-refractivity contribution is -0.128. The highest BCUT2D eigenvalue weighted by molar-refractivity contribution is 5.81. The average molecular weight is 198 g/mol. The summed E-state index contributed by atoms with van der Waals surface area (Å²) in [5.74, 6) is 0.149. The van der Waals surface area contributed by atoms with E-state index in [1.807, 2.05) is 20.8 Å². The van der Waals surface area contributed by atoms with Gasteiger partial charge in [0.1, 0.15) is 0 Å². The molecule has 1 saturated heterocycles. The summed E-state index contributed by atoms with van der Waals surface area (Å²) in [7, 11) is 0. The zero-order valence-corrected chi connectivity index (χ0v) is 9.52. The van der Waals surface area contributed by atoms with E-state index in [0.717, 1.165) is 19.5 Å². The van der Waals surface area contributed by atoms with Crippen molar-refractivity contribution >= 4 is 5.91 Å². The van der Waals surface area contributed by atoms with Gasteiger partial charge >= 0.3 is 0 Å². The van der Waals surface area contributed by atoms with Crippen molar-refractivity contribution in [2.24, 2.45) is 5.41 Å². The molecule has 0 aromatic rings. The first-order chi connectivity index (χ1) is 6.50. The lowest BCUT2D eigenvalue weighted by Crippen LogP contribution is -2.37. The molecule has 1 heterocycles. The fraction of sp³-hybridized carbons (Fsp3) is 0.909. The Balaban J connectivity index is 2.11. The topological polar surface area (TPSA) is 41.1 Å². The molecule has 1 aliphatic rings. The van der Waals surface area contributed by atoms with Crippen LogP contribution in [-0.2, 0) is 4.79 Å². The van der Waals surface area contributed by atoms with E-state index in [0.29, 0.717) is 6.04 Å². The van der Waals surface area contributed by atoms with Crippen LogP contribution >= 0.6 is 0 Å². The molecule has 0 spiro atoms. The number of amides is 1. The van der Waals surface area contributed by atoms with Gasteiger partial charge in [-0.2, -0.15) is 0 Å². The van der Waals surface area contributed by atoms with E-state index in [4.69, 9.17) is 0 Å². The Labute approximate surface area is 86.6 Å². The van der Waals surface area contributed by atoms with Crippen molar-refractivity contribution in [2.75, 3.05) is 13.1 Å². The maximum Gasteiger partial charge on any atom is 0.225 e. The fourth-order valence-corrected chi connectivity index (χ4v) is 1.63. The van der Waals surface area contributed by atoms with Crippen LogP contribution in [-0.4, -0.2) is 25.0 Å². The SMILES string of the molecule is CC(C)(C)C(=O)NCCC1CCCN1. The van der Waals surface area contributed by atoms with Gasteiger partial charge in [-0.1, -0.05) is 20.8 Å². The summed E-state index contributed by atoms with van der Waals surface area (Å²) in [6.07, 6.45) is 3.59. The molecule has 0 aromatic heterocycles. The predicted octanol–water partition coefficient (Wildman–Crippen LogP) is 1.29. The lowest BCUT2D eigenvalue weighted by Gasteiger charge is -2.18. The van der Waals surface area contributed by atoms with E-state index in [9.17, 15) is 4.79 Å². The summed E-state index contributed by atoms with van der Waals surface area (Å²) >= 11 is 0. The number of carbonyl (C=O) groups excluding carboxylic acids is 1. The average Bonchev–Trinajstić information content (AvgIpc) is 2.55. The third kappa shape index (κ3) is 3.66. The van der Waals surface area contributed by atoms with Crippen molar-refractivity contribution in [2.45, 2.75) is 46.1 Å². The molecule has 1 fully saturated rings. The quantitative estimate of drug-likeness (QED) is 0.717. The van der Waals surface area contributed by atoms with E-state index in [1.54, 1.807) is 0 Å². The molecule has 0 bridgehead atoms. The molecule has 82 valence electrons. The summed E-state index contributed by atoms with van der Waals surface area (Å²) in [6.45, 7) is 7.76. The molecular weight excluding hydrogens is 176 g/mol. The van der Waals surface area contributed by atoms with Crippen LogP contribution in [0.3, 0.4) is 0 Å². The van der Waals surface area contributed by atoms with Gasteiger partial charge in [0.25, 0.3) is 0 Å². The van der Waals surface area contributed by atoms with Crippen LogP contribution in [0.1, 0.15) is 40.0 Å². The monoisotopic (exact) mass is 198 g/mol. The fourth-order valence-electron chi connectivity index (χ4n) is 1.63. The van der Waals surface area contributed by atoms with Gasteiger partial charge in [-0.05, 0) is 25.8 Å². The first kappa shape index (κ1) is 11.5. The van der Waals surface area contributed by atoms with Gasteiger partial charge in [-0.15, -0.1) is 0 Å². The molecule has 1 unspecified atom stereocenters. The molecule has 14 heavy (non-hydrogen) atoms. The summed E-state index contributed by atoms with van der Waals surface area (Å²) < 4.78 is 0. The number of hydrogen-bond acceptors (Lipinski definition) is 2. The van der Waals surface area contributed by atoms with Crippen molar-refractivity contribution in [1.29, 1.82) is 0 Å². The second-order valence-electron chi connectivity index (χ2n) is 5.09. The Morgan fingerprint density at radius 3 is 2.71 bits per heavy atom. The van der Waals surface area contributed by atoms with Crippen molar-refractivity contribution in [3.05, 3.63) is 0 Å². The van der Waals surface area contributed by atoms with E-state index in [1.165, 1.54) is 12.8 Å². The minimum absolute atomic E-state index is 0.149. The summed E-state index contributed by atoms with van der Waals surface area (Å²) in [4.78, 5) is 11.5. The first-order valence-corrected chi connectivity index (χ1v) is 5.52. The van der Waals surface area contributed by atoms with Gasteiger partial charge < -0.3 is 10.6 Å². The Morgan fingerprint density at radius 1 is 1.50 bits per heavy atom. The highest BCUT2D eigenvalue weighted by Gasteiger charge is 2.21. The van der Waals surface area contributed by atoms with Gasteiger partial charge in [-0.3, -0.25) is 4.79 Å². The maximum absolute atomic E-state index is 11.5. The third-order valence-corrected chi connectivity index (χ3v) is 2.62. The number of carbonyl (C=O) groups is 1. The first-order valence-electron chi connectivity index (χ1n) is 5.52. The molecule has 0 aromatic carbocycles. The van der Waals surface area contributed by atoms with Crippen molar-refractivity contribution < 1.29 is 4.79 Å². The molecule has 3 heteroatoms. The Morgan fingerprint density at radius 2 is 2.21 bits per heavy atom. The van der Waals surface area contributed by atoms with Gasteiger partial charge in [0, 0.05) is 18.0 Å². The third-order valence-electron chi connectivity index (χ3n) is 2.62. The molecule has 1 amide bonds. The highest BCUT2D eigenvalue weighted by atomic mass is 16.2. The lowest BCUT2D eigenvalue weighted by atomic mass is 9.95. The van der Waals surface area contributed by atoms with Crippen LogP contribution in [0, 0.1) is 5.41 Å². The number of nitrogens with one attached hydrogen (secondary N) is 2. The van der Waals surface area contributed by atoms with E-state index in [2.05, 4.69) is 10.6 Å². The highest BCUT2D eigenvalue weighted by Crippen LogP contribution is 2.13. The molecule has 1 atom stereocenters. The molecule has 0 aliphatic carbocycles. The minimum atomic E-state index is -0.261. The van der Waals surface area contributed by atoms with Gasteiger partial charge in [0.2, 0.25) is 5.91 Å². The summed E-state index contributed by atoms with van der Waals surface area (Å²) in [6, 6.07) is 0.621. The maximum atomic E-state index is 11.5. The molecule has 3 nitrogen and oxygen atoms in total. The van der Waals surface area contributed by atoms with Crippen molar-refractivity contribution in [3.63, 3.8) is 0 Å². The molecule has 1 aliphatic heterocycles. The van der Waals surface area contributed by atoms with Crippen LogP contribution in [0.4, 0.5) is 0 Å². The van der Waals surface area contributed by atoms with Crippen LogP contribution in [0.25, 0.3) is 0 Å². The van der Waals surface area contributed by atoms with E-state index >= 15 is 0 Å². The molecule has 1 rings (SSSR count). The van der Waals surface area contributed by atoms with Crippen LogP contribution in [0.2, 0.25) is 0 Å². The van der Waals surface area contributed by atoms with Gasteiger partial charge in [-0.25, -0.2) is 0 Å².